The number of hydrogen-bond acceptors (Lipinski definition) is 0. The van der Waals surface area contributed by atoms with Crippen LogP contribution in [0.5, 0.6) is 0 Å². The van der Waals surface area contributed by atoms with Gasteiger partial charge in [0, 0.05) is 0 Å². The van der Waals surface area contributed by atoms with E-state index in [2.05, 4.69) is 194 Å². The Bertz CT molecular complexity index is 1330. The average Bonchev–Trinajstić information content (AvgIpc) is 2.97. The second-order valence-electron chi connectivity index (χ2n) is 17.9. The molecule has 0 nitrogen and oxygen atoms in total. The zero-order valence-corrected chi connectivity index (χ0v) is 33.8. The van der Waals surface area contributed by atoms with E-state index in [0.717, 1.165) is 0 Å². The quantitative estimate of drug-likeness (QED) is 0.164. The molecule has 47 heavy (non-hydrogen) atoms. The highest BCUT2D eigenvalue weighted by Crippen LogP contribution is 2.48. The highest BCUT2D eigenvalue weighted by Gasteiger charge is 2.29. The van der Waals surface area contributed by atoms with E-state index in [1.54, 1.807) is 0 Å². The summed E-state index contributed by atoms with van der Waals surface area (Å²) in [5.41, 5.74) is 7.29. The molecule has 0 saturated carbocycles. The number of rotatable bonds is 8. The Hall–Kier alpha value is -2.26. The van der Waals surface area contributed by atoms with E-state index < -0.39 is 15.8 Å². The smallest absolute Gasteiger partial charge is 0.0132 e. The molecule has 0 amide bonds. The first kappa shape index (κ1) is 37.6. The lowest BCUT2D eigenvalue weighted by Crippen LogP contribution is -2.27. The second kappa shape index (κ2) is 14.3. The molecule has 2 atom stereocenters. The molecule has 4 rings (SSSR count). The van der Waals surface area contributed by atoms with Crippen LogP contribution in [0.1, 0.15) is 126 Å². The fraction of sp³-hybridized carbons (Fsp3) is 0.467. The van der Waals surface area contributed by atoms with Crippen LogP contribution in [0.4, 0.5) is 0 Å². The van der Waals surface area contributed by atoms with Crippen LogP contribution in [0.25, 0.3) is 0 Å². The Balaban J connectivity index is 1.74. The standard InChI is InChI=1S/C45H62P2/c1-32(46(38-23-15-34(16-24-38)42(3,4)5)39-25-17-35(18-26-39)43(6,7)8)31-33(2)47(40-27-19-36(20-28-40)44(9,10)11)41-29-21-37(22-30-41)45(12,13)14/h15-30,32-33H,31H2,1-14H3. The molecular weight excluding hydrogens is 602 g/mol. The van der Waals surface area contributed by atoms with Gasteiger partial charge in [-0.1, -0.05) is 194 Å². The minimum atomic E-state index is -0.534. The second-order valence-corrected chi connectivity index (χ2v) is 23.2. The van der Waals surface area contributed by atoms with E-state index in [1.165, 1.54) is 49.9 Å². The minimum Gasteiger partial charge on any atom is -0.0579 e. The maximum absolute atomic E-state index is 2.52. The summed E-state index contributed by atoms with van der Waals surface area (Å²) in [5.74, 6) is 0. The molecule has 2 unspecified atom stereocenters. The van der Waals surface area contributed by atoms with Crippen LogP contribution < -0.4 is 21.2 Å². The molecule has 0 aliphatic heterocycles. The van der Waals surface area contributed by atoms with Gasteiger partial charge >= 0.3 is 0 Å². The topological polar surface area (TPSA) is 0 Å². The van der Waals surface area contributed by atoms with Crippen LogP contribution in [-0.2, 0) is 21.7 Å². The summed E-state index contributed by atoms with van der Waals surface area (Å²) in [4.78, 5) is 0. The Labute approximate surface area is 291 Å². The molecule has 0 fully saturated rings. The van der Waals surface area contributed by atoms with Crippen molar-refractivity contribution in [2.24, 2.45) is 0 Å². The van der Waals surface area contributed by atoms with Gasteiger partial charge in [0.2, 0.25) is 0 Å². The zero-order chi connectivity index (χ0) is 34.9. The third-order valence-corrected chi connectivity index (χ3v) is 15.2. The van der Waals surface area contributed by atoms with Crippen LogP contribution in [-0.4, -0.2) is 11.3 Å². The molecular formula is C45H62P2. The lowest BCUT2D eigenvalue weighted by molar-refractivity contribution is 0.590. The Kier molecular flexibility index (Phi) is 11.4. The summed E-state index contributed by atoms with van der Waals surface area (Å²) in [6.45, 7) is 32.8. The van der Waals surface area contributed by atoms with Crippen LogP contribution in [0, 0.1) is 0 Å². The molecule has 0 N–H and O–H groups in total. The summed E-state index contributed by atoms with van der Waals surface area (Å²) >= 11 is 0. The van der Waals surface area contributed by atoms with E-state index in [1.807, 2.05) is 0 Å². The Morgan fingerprint density at radius 2 is 0.511 bits per heavy atom. The monoisotopic (exact) mass is 664 g/mol. The summed E-state index contributed by atoms with van der Waals surface area (Å²) in [7, 11) is -1.07. The summed E-state index contributed by atoms with van der Waals surface area (Å²) < 4.78 is 0. The minimum absolute atomic E-state index is 0.149. The Morgan fingerprint density at radius 3 is 0.660 bits per heavy atom. The van der Waals surface area contributed by atoms with Gasteiger partial charge < -0.3 is 0 Å². The molecule has 0 aliphatic carbocycles. The first-order valence-corrected chi connectivity index (χ1v) is 20.5. The normalized spacial score (nSPS) is 14.5. The van der Waals surface area contributed by atoms with Crippen molar-refractivity contribution in [3.8, 4) is 0 Å². The van der Waals surface area contributed by atoms with Crippen molar-refractivity contribution in [1.29, 1.82) is 0 Å². The molecule has 0 bridgehead atoms. The Morgan fingerprint density at radius 1 is 0.340 bits per heavy atom. The van der Waals surface area contributed by atoms with E-state index in [-0.39, 0.29) is 21.7 Å². The zero-order valence-electron chi connectivity index (χ0n) is 32.0. The molecule has 2 heteroatoms. The summed E-state index contributed by atoms with van der Waals surface area (Å²) in [6, 6.07) is 38.5. The molecule has 0 aromatic heterocycles. The van der Waals surface area contributed by atoms with Gasteiger partial charge in [-0.2, -0.15) is 0 Å². The van der Waals surface area contributed by atoms with Gasteiger partial charge in [0.1, 0.15) is 0 Å². The van der Waals surface area contributed by atoms with Crippen molar-refractivity contribution in [3.63, 3.8) is 0 Å². The SMILES string of the molecule is CC(CC(C)P(c1ccc(C(C)(C)C)cc1)c1ccc(C(C)(C)C)cc1)P(c1ccc(C(C)(C)C)cc1)c1ccc(C(C)(C)C)cc1. The molecule has 0 saturated heterocycles. The predicted molar refractivity (Wildman–Crippen MR) is 216 cm³/mol. The maximum Gasteiger partial charge on any atom is -0.0132 e. The van der Waals surface area contributed by atoms with Crippen molar-refractivity contribution in [1.82, 2.24) is 0 Å². The van der Waals surface area contributed by atoms with Crippen LogP contribution in [0.2, 0.25) is 0 Å². The van der Waals surface area contributed by atoms with Crippen molar-refractivity contribution in [3.05, 3.63) is 119 Å². The van der Waals surface area contributed by atoms with E-state index in [9.17, 15) is 0 Å². The first-order chi connectivity index (χ1) is 21.7. The third kappa shape index (κ3) is 9.46. The van der Waals surface area contributed by atoms with E-state index in [0.29, 0.717) is 11.3 Å². The predicted octanol–water partition coefficient (Wildman–Crippen LogP) is 11.6. The molecule has 0 radical (unpaired) electrons. The molecule has 252 valence electrons. The average molecular weight is 665 g/mol. The van der Waals surface area contributed by atoms with Gasteiger partial charge in [0.15, 0.2) is 0 Å². The highest BCUT2D eigenvalue weighted by molar-refractivity contribution is 7.74. The van der Waals surface area contributed by atoms with Crippen LogP contribution >= 0.6 is 15.8 Å². The van der Waals surface area contributed by atoms with Gasteiger partial charge in [-0.15, -0.1) is 0 Å². The van der Waals surface area contributed by atoms with Gasteiger partial charge in [0.05, 0.1) is 0 Å². The van der Waals surface area contributed by atoms with Crippen molar-refractivity contribution >= 4 is 37.1 Å². The van der Waals surface area contributed by atoms with Gasteiger partial charge in [-0.25, -0.2) is 0 Å². The number of hydrogen-bond donors (Lipinski definition) is 0. The highest BCUT2D eigenvalue weighted by atomic mass is 31.1. The first-order valence-electron chi connectivity index (χ1n) is 17.7. The molecule has 0 aliphatic rings. The van der Waals surface area contributed by atoms with Gasteiger partial charge in [-0.05, 0) is 98.7 Å². The van der Waals surface area contributed by atoms with Crippen LogP contribution in [0.3, 0.4) is 0 Å². The van der Waals surface area contributed by atoms with E-state index >= 15 is 0 Å². The van der Waals surface area contributed by atoms with Gasteiger partial charge in [-0.3, -0.25) is 0 Å². The fourth-order valence-electron chi connectivity index (χ4n) is 6.51. The molecule has 4 aromatic carbocycles. The lowest BCUT2D eigenvalue weighted by atomic mass is 9.87. The fourth-order valence-corrected chi connectivity index (χ4v) is 12.2. The van der Waals surface area contributed by atoms with Crippen LogP contribution in [0.15, 0.2) is 97.1 Å². The molecule has 0 spiro atoms. The van der Waals surface area contributed by atoms with Crippen molar-refractivity contribution in [2.75, 3.05) is 0 Å². The molecule has 0 heterocycles. The third-order valence-electron chi connectivity index (χ3n) is 9.61. The lowest BCUT2D eigenvalue weighted by Gasteiger charge is -2.33. The van der Waals surface area contributed by atoms with Crippen molar-refractivity contribution in [2.45, 2.75) is 136 Å². The summed E-state index contributed by atoms with van der Waals surface area (Å²) in [5, 5.41) is 5.96. The molecule has 4 aromatic rings. The van der Waals surface area contributed by atoms with E-state index in [4.69, 9.17) is 0 Å². The summed E-state index contributed by atoms with van der Waals surface area (Å²) in [6.07, 6.45) is 1.18. The largest absolute Gasteiger partial charge is 0.0579 e. The van der Waals surface area contributed by atoms with Crippen molar-refractivity contribution < 1.29 is 0 Å². The number of benzene rings is 4. The van der Waals surface area contributed by atoms with Gasteiger partial charge in [0.25, 0.3) is 0 Å². The maximum atomic E-state index is 2.52.